The summed E-state index contributed by atoms with van der Waals surface area (Å²) in [4.78, 5) is 24.0. The van der Waals surface area contributed by atoms with E-state index in [1.807, 2.05) is 6.92 Å². The molecule has 142 valence electrons. The predicted octanol–water partition coefficient (Wildman–Crippen LogP) is 2.03. The van der Waals surface area contributed by atoms with Crippen molar-refractivity contribution in [2.75, 3.05) is 13.2 Å². The smallest absolute Gasteiger partial charge is 0.347 e. The Morgan fingerprint density at radius 1 is 1.27 bits per heavy atom. The summed E-state index contributed by atoms with van der Waals surface area (Å²) in [6.45, 7) is 4.29. The molecule has 0 amide bonds. The molecule has 26 heavy (non-hydrogen) atoms. The van der Waals surface area contributed by atoms with Crippen LogP contribution in [0.2, 0.25) is 0 Å². The van der Waals surface area contributed by atoms with E-state index in [0.29, 0.717) is 18.5 Å². The SMILES string of the molecule is Cc1ccc(S(=O)(=O)N2CCCC[C@H]2C)cc1C(=O)O[C@H]1CCOC1=O. The molecule has 0 unspecified atom stereocenters. The molecule has 0 radical (unpaired) electrons. The Balaban J connectivity index is 1.87. The lowest BCUT2D eigenvalue weighted by Gasteiger charge is -2.32. The molecule has 1 aromatic rings. The second-order valence-electron chi connectivity index (χ2n) is 6.79. The lowest BCUT2D eigenvalue weighted by Crippen LogP contribution is -2.42. The van der Waals surface area contributed by atoms with E-state index in [1.54, 1.807) is 13.0 Å². The first-order chi connectivity index (χ1) is 12.3. The zero-order valence-corrected chi connectivity index (χ0v) is 15.8. The summed E-state index contributed by atoms with van der Waals surface area (Å²) in [5.74, 6) is -1.28. The molecule has 0 bridgehead atoms. The minimum Gasteiger partial charge on any atom is -0.463 e. The van der Waals surface area contributed by atoms with Gasteiger partial charge in [0.15, 0.2) is 0 Å². The monoisotopic (exact) mass is 381 g/mol. The fourth-order valence-corrected chi connectivity index (χ4v) is 5.05. The molecule has 0 saturated carbocycles. The van der Waals surface area contributed by atoms with Gasteiger partial charge in [0.2, 0.25) is 16.1 Å². The van der Waals surface area contributed by atoms with Crippen LogP contribution in [0, 0.1) is 6.92 Å². The van der Waals surface area contributed by atoms with Gasteiger partial charge in [-0.25, -0.2) is 18.0 Å². The van der Waals surface area contributed by atoms with Crippen molar-refractivity contribution >= 4 is 22.0 Å². The van der Waals surface area contributed by atoms with Crippen LogP contribution < -0.4 is 0 Å². The molecule has 1 aromatic carbocycles. The van der Waals surface area contributed by atoms with Gasteiger partial charge < -0.3 is 9.47 Å². The zero-order valence-electron chi connectivity index (χ0n) is 14.9. The molecule has 2 atom stereocenters. The van der Waals surface area contributed by atoms with Gasteiger partial charge in [-0.2, -0.15) is 4.31 Å². The van der Waals surface area contributed by atoms with Gasteiger partial charge in [-0.05, 0) is 44.4 Å². The fraction of sp³-hybridized carbons (Fsp3) is 0.556. The number of cyclic esters (lactones) is 1. The summed E-state index contributed by atoms with van der Waals surface area (Å²) in [6, 6.07) is 4.37. The lowest BCUT2D eigenvalue weighted by atomic mass is 10.1. The largest absolute Gasteiger partial charge is 0.463 e. The molecule has 3 rings (SSSR count). The molecule has 8 heteroatoms. The van der Waals surface area contributed by atoms with Crippen molar-refractivity contribution in [2.45, 2.75) is 56.6 Å². The quantitative estimate of drug-likeness (QED) is 0.742. The Hall–Kier alpha value is -1.93. The molecule has 2 heterocycles. The van der Waals surface area contributed by atoms with E-state index in [-0.39, 0.29) is 23.1 Å². The number of ether oxygens (including phenoxy) is 2. The zero-order chi connectivity index (χ0) is 18.9. The predicted molar refractivity (Wildman–Crippen MR) is 93.2 cm³/mol. The van der Waals surface area contributed by atoms with Crippen molar-refractivity contribution in [1.82, 2.24) is 4.31 Å². The van der Waals surface area contributed by atoms with E-state index in [9.17, 15) is 18.0 Å². The maximum atomic E-state index is 13.0. The van der Waals surface area contributed by atoms with Gasteiger partial charge in [-0.1, -0.05) is 12.5 Å². The molecule has 2 saturated heterocycles. The van der Waals surface area contributed by atoms with Gasteiger partial charge >= 0.3 is 11.9 Å². The van der Waals surface area contributed by atoms with Crippen molar-refractivity contribution < 1.29 is 27.5 Å². The molecular weight excluding hydrogens is 358 g/mol. The Morgan fingerprint density at radius 2 is 2.04 bits per heavy atom. The summed E-state index contributed by atoms with van der Waals surface area (Å²) in [5, 5.41) is 0. The lowest BCUT2D eigenvalue weighted by molar-refractivity contribution is -0.145. The number of aryl methyl sites for hydroxylation is 1. The number of esters is 2. The molecule has 0 aliphatic carbocycles. The Labute approximate surface area is 153 Å². The van der Waals surface area contributed by atoms with Crippen molar-refractivity contribution in [3.8, 4) is 0 Å². The number of benzene rings is 1. The number of carbonyl (C=O) groups excluding carboxylic acids is 2. The van der Waals surface area contributed by atoms with Crippen LogP contribution >= 0.6 is 0 Å². The van der Waals surface area contributed by atoms with Crippen LogP contribution in [0.15, 0.2) is 23.1 Å². The molecule has 2 aliphatic heterocycles. The van der Waals surface area contributed by atoms with Crippen molar-refractivity contribution in [1.29, 1.82) is 0 Å². The van der Waals surface area contributed by atoms with Crippen molar-refractivity contribution in [3.63, 3.8) is 0 Å². The number of hydrogen-bond acceptors (Lipinski definition) is 6. The van der Waals surface area contributed by atoms with E-state index < -0.39 is 28.1 Å². The van der Waals surface area contributed by atoms with E-state index in [2.05, 4.69) is 0 Å². The Bertz CT molecular complexity index is 819. The number of hydrogen-bond donors (Lipinski definition) is 0. The molecule has 0 N–H and O–H groups in total. The van der Waals surface area contributed by atoms with E-state index in [1.165, 1.54) is 16.4 Å². The summed E-state index contributed by atoms with van der Waals surface area (Å²) in [7, 11) is -3.69. The first-order valence-corrected chi connectivity index (χ1v) is 10.2. The number of carbonyl (C=O) groups is 2. The van der Waals surface area contributed by atoms with Crippen LogP contribution in [-0.4, -0.2) is 50.0 Å². The maximum absolute atomic E-state index is 13.0. The highest BCUT2D eigenvalue weighted by Crippen LogP contribution is 2.27. The highest BCUT2D eigenvalue weighted by Gasteiger charge is 2.33. The number of piperidine rings is 1. The van der Waals surface area contributed by atoms with Crippen molar-refractivity contribution in [2.24, 2.45) is 0 Å². The van der Waals surface area contributed by atoms with E-state index >= 15 is 0 Å². The molecule has 0 spiro atoms. The minimum absolute atomic E-state index is 0.0674. The number of nitrogens with zero attached hydrogens (tertiary/aromatic N) is 1. The molecule has 0 aromatic heterocycles. The van der Waals surface area contributed by atoms with Crippen molar-refractivity contribution in [3.05, 3.63) is 29.3 Å². The third-order valence-electron chi connectivity index (χ3n) is 4.91. The Kier molecular flexibility index (Phi) is 5.34. The van der Waals surface area contributed by atoms with Gasteiger partial charge in [-0.3, -0.25) is 0 Å². The maximum Gasteiger partial charge on any atom is 0.347 e. The van der Waals surface area contributed by atoms with Crippen LogP contribution in [0.4, 0.5) is 0 Å². The van der Waals surface area contributed by atoms with Crippen LogP contribution in [0.5, 0.6) is 0 Å². The highest BCUT2D eigenvalue weighted by molar-refractivity contribution is 7.89. The summed E-state index contributed by atoms with van der Waals surface area (Å²) in [6.07, 6.45) is 2.05. The van der Waals surface area contributed by atoms with Crippen LogP contribution in [0.25, 0.3) is 0 Å². The average Bonchev–Trinajstić information content (AvgIpc) is 3.00. The van der Waals surface area contributed by atoms with Crippen LogP contribution in [0.3, 0.4) is 0 Å². The van der Waals surface area contributed by atoms with Gasteiger partial charge in [-0.15, -0.1) is 0 Å². The van der Waals surface area contributed by atoms with Crippen LogP contribution in [-0.2, 0) is 24.3 Å². The van der Waals surface area contributed by atoms with Gasteiger partial charge in [0, 0.05) is 19.0 Å². The third kappa shape index (κ3) is 3.61. The molecule has 2 aliphatic rings. The minimum atomic E-state index is -3.69. The number of rotatable bonds is 4. The molecule has 2 fully saturated rings. The van der Waals surface area contributed by atoms with E-state index in [4.69, 9.17) is 9.47 Å². The fourth-order valence-electron chi connectivity index (χ4n) is 3.32. The third-order valence-corrected chi connectivity index (χ3v) is 6.92. The normalized spacial score (nSPS) is 24.3. The standard InChI is InChI=1S/C18H23NO6S/c1-12-6-7-14(26(22,23)19-9-4-3-5-13(19)2)11-15(12)17(20)25-16-8-10-24-18(16)21/h6-7,11,13,16H,3-5,8-10H2,1-2H3/t13-,16+/m1/s1. The average molecular weight is 381 g/mol. The van der Waals surface area contributed by atoms with Gasteiger partial charge in [0.05, 0.1) is 17.1 Å². The summed E-state index contributed by atoms with van der Waals surface area (Å²) in [5.41, 5.74) is 0.738. The summed E-state index contributed by atoms with van der Waals surface area (Å²) < 4.78 is 37.4. The second kappa shape index (κ2) is 7.36. The first-order valence-electron chi connectivity index (χ1n) is 8.81. The van der Waals surface area contributed by atoms with Gasteiger partial charge in [0.25, 0.3) is 0 Å². The Morgan fingerprint density at radius 3 is 2.69 bits per heavy atom. The van der Waals surface area contributed by atoms with Crippen LogP contribution in [0.1, 0.15) is 48.5 Å². The molecule has 7 nitrogen and oxygen atoms in total. The second-order valence-corrected chi connectivity index (χ2v) is 8.68. The molecular formula is C18H23NO6S. The topological polar surface area (TPSA) is 90.0 Å². The number of sulfonamides is 1. The summed E-state index contributed by atoms with van der Waals surface area (Å²) >= 11 is 0. The van der Waals surface area contributed by atoms with E-state index in [0.717, 1.165) is 19.3 Å². The highest BCUT2D eigenvalue weighted by atomic mass is 32.2. The first kappa shape index (κ1) is 18.8. The van der Waals surface area contributed by atoms with Gasteiger partial charge in [0.1, 0.15) is 0 Å².